The number of benzene rings is 1. The van der Waals surface area contributed by atoms with Crippen molar-refractivity contribution < 1.29 is 19.1 Å². The quantitative estimate of drug-likeness (QED) is 0.686. The SMILES string of the molecule is CC[C@@H](C)N(C(=O)COC(=O)C[C@H]1Sc2ccccc2NC1=O)[C@@H](C)CC. The number of hydrogen-bond acceptors (Lipinski definition) is 5. The average molecular weight is 393 g/mol. The number of nitrogens with one attached hydrogen (secondary N) is 1. The van der Waals surface area contributed by atoms with Crippen LogP contribution in [0.1, 0.15) is 47.0 Å². The highest BCUT2D eigenvalue weighted by Gasteiger charge is 2.30. The Morgan fingerprint density at radius 2 is 1.81 bits per heavy atom. The summed E-state index contributed by atoms with van der Waals surface area (Å²) >= 11 is 1.34. The van der Waals surface area contributed by atoms with Crippen molar-refractivity contribution in [3.8, 4) is 0 Å². The molecule has 1 aromatic rings. The van der Waals surface area contributed by atoms with E-state index < -0.39 is 11.2 Å². The maximum atomic E-state index is 12.5. The summed E-state index contributed by atoms with van der Waals surface area (Å²) in [6.07, 6.45) is 1.61. The Hall–Kier alpha value is -2.02. The van der Waals surface area contributed by atoms with Crippen LogP contribution in [-0.2, 0) is 19.1 Å². The first kappa shape index (κ1) is 21.3. The van der Waals surface area contributed by atoms with Crippen molar-refractivity contribution in [1.29, 1.82) is 0 Å². The van der Waals surface area contributed by atoms with E-state index in [0.717, 1.165) is 23.4 Å². The summed E-state index contributed by atoms with van der Waals surface area (Å²) in [5.41, 5.74) is 0.755. The smallest absolute Gasteiger partial charge is 0.307 e. The van der Waals surface area contributed by atoms with E-state index in [-0.39, 0.29) is 36.9 Å². The lowest BCUT2D eigenvalue weighted by Crippen LogP contribution is -2.46. The Bertz CT molecular complexity index is 684. The third-order valence-electron chi connectivity index (χ3n) is 4.83. The first-order valence-corrected chi connectivity index (χ1v) is 10.3. The first-order valence-electron chi connectivity index (χ1n) is 9.40. The van der Waals surface area contributed by atoms with Crippen LogP contribution in [0, 0.1) is 0 Å². The Kier molecular flexibility index (Phi) is 7.71. The molecule has 6 nitrogen and oxygen atoms in total. The molecule has 7 heteroatoms. The standard InChI is InChI=1S/C20H28N2O4S/c1-5-13(3)22(14(4)6-2)18(23)12-26-19(24)11-17-20(25)21-15-9-7-8-10-16(15)27-17/h7-10,13-14,17H,5-6,11-12H2,1-4H3,(H,21,25)/t13-,14+,17-/m1/s1. The van der Waals surface area contributed by atoms with Crippen LogP contribution in [0.25, 0.3) is 0 Å². The molecule has 1 aliphatic heterocycles. The van der Waals surface area contributed by atoms with Gasteiger partial charge >= 0.3 is 5.97 Å². The van der Waals surface area contributed by atoms with Gasteiger partial charge in [-0.3, -0.25) is 14.4 Å². The molecular formula is C20H28N2O4S. The minimum Gasteiger partial charge on any atom is -0.456 e. The number of hydrogen-bond donors (Lipinski definition) is 1. The molecule has 1 aromatic carbocycles. The van der Waals surface area contributed by atoms with E-state index in [1.165, 1.54) is 11.8 Å². The molecule has 0 aliphatic carbocycles. The van der Waals surface area contributed by atoms with Crippen LogP contribution >= 0.6 is 11.8 Å². The van der Waals surface area contributed by atoms with Crippen molar-refractivity contribution in [3.63, 3.8) is 0 Å². The van der Waals surface area contributed by atoms with Gasteiger partial charge in [0.05, 0.1) is 17.4 Å². The molecule has 148 valence electrons. The van der Waals surface area contributed by atoms with Crippen LogP contribution in [0.4, 0.5) is 5.69 Å². The Balaban J connectivity index is 1.90. The number of amides is 2. The molecule has 0 saturated heterocycles. The number of ether oxygens (including phenoxy) is 1. The molecule has 0 bridgehead atoms. The van der Waals surface area contributed by atoms with E-state index >= 15 is 0 Å². The zero-order chi connectivity index (χ0) is 20.0. The summed E-state index contributed by atoms with van der Waals surface area (Å²) in [6.45, 7) is 7.74. The fraction of sp³-hybridized carbons (Fsp3) is 0.550. The average Bonchev–Trinajstić information content (AvgIpc) is 2.66. The van der Waals surface area contributed by atoms with E-state index in [4.69, 9.17) is 4.74 Å². The highest BCUT2D eigenvalue weighted by Crippen LogP contribution is 2.36. The molecule has 0 fully saturated rings. The maximum Gasteiger partial charge on any atom is 0.307 e. The number of nitrogens with zero attached hydrogens (tertiary/aromatic N) is 1. The van der Waals surface area contributed by atoms with Crippen molar-refractivity contribution in [2.24, 2.45) is 0 Å². The lowest BCUT2D eigenvalue weighted by atomic mass is 10.1. The molecule has 1 N–H and O–H groups in total. The molecule has 0 unspecified atom stereocenters. The van der Waals surface area contributed by atoms with E-state index in [0.29, 0.717) is 0 Å². The third kappa shape index (κ3) is 5.48. The van der Waals surface area contributed by atoms with Gasteiger partial charge in [0.15, 0.2) is 6.61 Å². The fourth-order valence-corrected chi connectivity index (χ4v) is 4.07. The number of para-hydroxylation sites is 1. The minimum atomic E-state index is -0.553. The zero-order valence-corrected chi connectivity index (χ0v) is 17.2. The van der Waals surface area contributed by atoms with E-state index in [2.05, 4.69) is 5.32 Å². The summed E-state index contributed by atoms with van der Waals surface area (Å²) in [7, 11) is 0. The van der Waals surface area contributed by atoms with Gasteiger partial charge in [-0.2, -0.15) is 0 Å². The largest absolute Gasteiger partial charge is 0.456 e. The third-order valence-corrected chi connectivity index (χ3v) is 6.11. The second-order valence-electron chi connectivity index (χ2n) is 6.77. The predicted molar refractivity (Wildman–Crippen MR) is 107 cm³/mol. The number of thioether (sulfide) groups is 1. The maximum absolute atomic E-state index is 12.5. The lowest BCUT2D eigenvalue weighted by molar-refractivity contribution is -0.154. The molecule has 0 radical (unpaired) electrons. The molecule has 1 aliphatic rings. The van der Waals surface area contributed by atoms with Crippen LogP contribution in [0.3, 0.4) is 0 Å². The molecule has 0 aromatic heterocycles. The highest BCUT2D eigenvalue weighted by molar-refractivity contribution is 8.01. The lowest BCUT2D eigenvalue weighted by Gasteiger charge is -2.33. The molecule has 2 rings (SSSR count). The van der Waals surface area contributed by atoms with Crippen molar-refractivity contribution in [1.82, 2.24) is 4.90 Å². The van der Waals surface area contributed by atoms with Gasteiger partial charge in [0.1, 0.15) is 0 Å². The Morgan fingerprint density at radius 1 is 1.19 bits per heavy atom. The monoisotopic (exact) mass is 392 g/mol. The highest BCUT2D eigenvalue weighted by atomic mass is 32.2. The van der Waals surface area contributed by atoms with Gasteiger partial charge < -0.3 is 15.0 Å². The molecule has 2 amide bonds. The zero-order valence-electron chi connectivity index (χ0n) is 16.4. The molecule has 0 spiro atoms. The number of anilines is 1. The predicted octanol–water partition coefficient (Wildman–Crippen LogP) is 3.46. The second kappa shape index (κ2) is 9.78. The van der Waals surface area contributed by atoms with Crippen LogP contribution in [0.5, 0.6) is 0 Å². The van der Waals surface area contributed by atoms with E-state index in [1.807, 2.05) is 52.0 Å². The van der Waals surface area contributed by atoms with E-state index in [1.54, 1.807) is 4.90 Å². The molecule has 3 atom stereocenters. The Labute approximate surface area is 165 Å². The van der Waals surface area contributed by atoms with Crippen LogP contribution in [0.2, 0.25) is 0 Å². The van der Waals surface area contributed by atoms with Gasteiger partial charge in [-0.1, -0.05) is 26.0 Å². The van der Waals surface area contributed by atoms with Gasteiger partial charge in [-0.25, -0.2) is 0 Å². The Morgan fingerprint density at radius 3 is 2.44 bits per heavy atom. The van der Waals surface area contributed by atoms with Gasteiger partial charge in [-0.15, -0.1) is 11.8 Å². The molecule has 27 heavy (non-hydrogen) atoms. The summed E-state index contributed by atoms with van der Waals surface area (Å²) in [6, 6.07) is 7.63. The van der Waals surface area contributed by atoms with Crippen LogP contribution in [0.15, 0.2) is 29.2 Å². The van der Waals surface area contributed by atoms with Gasteiger partial charge in [0.2, 0.25) is 5.91 Å². The summed E-state index contributed by atoms with van der Waals surface area (Å²) in [5, 5.41) is 2.25. The summed E-state index contributed by atoms with van der Waals surface area (Å²) in [4.78, 5) is 39.6. The van der Waals surface area contributed by atoms with Gasteiger partial charge in [0.25, 0.3) is 5.91 Å². The number of esters is 1. The molecule has 1 heterocycles. The normalized spacial score (nSPS) is 18.1. The van der Waals surface area contributed by atoms with Crippen molar-refractivity contribution in [3.05, 3.63) is 24.3 Å². The van der Waals surface area contributed by atoms with Crippen molar-refractivity contribution in [2.75, 3.05) is 11.9 Å². The molecule has 0 saturated carbocycles. The van der Waals surface area contributed by atoms with Crippen molar-refractivity contribution >= 4 is 35.2 Å². The number of carbonyl (C=O) groups is 3. The summed E-state index contributed by atoms with van der Waals surface area (Å²) < 4.78 is 5.19. The summed E-state index contributed by atoms with van der Waals surface area (Å²) in [5.74, 6) is -0.954. The first-order chi connectivity index (χ1) is 12.9. The number of carbonyl (C=O) groups excluding carboxylic acids is 3. The second-order valence-corrected chi connectivity index (χ2v) is 8.02. The van der Waals surface area contributed by atoms with Crippen molar-refractivity contribution in [2.45, 2.75) is 69.2 Å². The topological polar surface area (TPSA) is 75.7 Å². The fourth-order valence-electron chi connectivity index (χ4n) is 2.97. The van der Waals surface area contributed by atoms with Crippen LogP contribution in [-0.4, -0.2) is 46.6 Å². The number of fused-ring (bicyclic) bond motifs is 1. The number of rotatable bonds is 8. The van der Waals surface area contributed by atoms with Gasteiger partial charge in [-0.05, 0) is 38.8 Å². The van der Waals surface area contributed by atoms with Crippen LogP contribution < -0.4 is 5.32 Å². The van der Waals surface area contributed by atoms with E-state index in [9.17, 15) is 14.4 Å². The minimum absolute atomic E-state index is 0.0647. The van der Waals surface area contributed by atoms with Gasteiger partial charge in [0, 0.05) is 17.0 Å². The molecular weight excluding hydrogens is 364 g/mol.